The van der Waals surface area contributed by atoms with Gasteiger partial charge in [0.15, 0.2) is 0 Å². The van der Waals surface area contributed by atoms with Crippen LogP contribution in [0.1, 0.15) is 25.5 Å². The maximum absolute atomic E-state index is 6.05. The molecule has 3 nitrogen and oxygen atoms in total. The van der Waals surface area contributed by atoms with Gasteiger partial charge in [0.25, 0.3) is 0 Å². The van der Waals surface area contributed by atoms with Gasteiger partial charge in [-0.15, -0.1) is 0 Å². The molecule has 0 amide bonds. The van der Waals surface area contributed by atoms with Crippen molar-refractivity contribution >= 4 is 17.4 Å². The zero-order valence-electron chi connectivity index (χ0n) is 8.39. The van der Waals surface area contributed by atoms with Crippen LogP contribution in [0.5, 0.6) is 0 Å². The summed E-state index contributed by atoms with van der Waals surface area (Å²) in [5, 5.41) is 8.14. The Morgan fingerprint density at radius 3 is 2.77 bits per heavy atom. The zero-order chi connectivity index (χ0) is 9.84. The molecule has 0 atom stereocenters. The lowest BCUT2D eigenvalue weighted by atomic mass is 10.3. The highest BCUT2D eigenvalue weighted by molar-refractivity contribution is 6.33. The van der Waals surface area contributed by atoms with E-state index in [1.807, 2.05) is 18.7 Å². The molecule has 0 aliphatic rings. The van der Waals surface area contributed by atoms with Crippen LogP contribution in [-0.4, -0.2) is 16.8 Å². The summed E-state index contributed by atoms with van der Waals surface area (Å²) < 4.78 is 1.93. The molecule has 0 spiro atoms. The number of nitrogens with one attached hydrogen (secondary N) is 1. The molecule has 0 aromatic carbocycles. The Labute approximate surface area is 84.1 Å². The fourth-order valence-electron chi connectivity index (χ4n) is 1.27. The van der Waals surface area contributed by atoms with Crippen LogP contribution in [0.15, 0.2) is 0 Å². The predicted octanol–water partition coefficient (Wildman–Crippen LogP) is 2.69. The minimum atomic E-state index is 0.735. The van der Waals surface area contributed by atoms with E-state index < -0.39 is 0 Å². The minimum absolute atomic E-state index is 0.735. The molecule has 0 saturated heterocycles. The molecule has 0 bridgehead atoms. The third-order valence-electron chi connectivity index (χ3n) is 2.01. The second-order valence-electron chi connectivity index (χ2n) is 3.07. The number of unbranched alkanes of at least 4 members (excludes halogenated alkanes) is 1. The molecular weight excluding hydrogens is 186 g/mol. The van der Waals surface area contributed by atoms with Crippen molar-refractivity contribution in [2.24, 2.45) is 0 Å². The van der Waals surface area contributed by atoms with E-state index in [2.05, 4.69) is 17.3 Å². The van der Waals surface area contributed by atoms with Crippen LogP contribution in [-0.2, 0) is 6.54 Å². The summed E-state index contributed by atoms with van der Waals surface area (Å²) in [6.45, 7) is 5.02. The molecule has 1 heterocycles. The molecule has 0 unspecified atom stereocenters. The maximum atomic E-state index is 6.05. The third-order valence-corrected chi connectivity index (χ3v) is 2.47. The standard InChI is InChI=1S/C9H16ClN3/c1-4-5-6-13-9(11-3)8(10)7(2)12-13/h11H,4-6H2,1-3H3. The second-order valence-corrected chi connectivity index (χ2v) is 3.45. The molecule has 13 heavy (non-hydrogen) atoms. The minimum Gasteiger partial charge on any atom is -0.372 e. The van der Waals surface area contributed by atoms with E-state index in [9.17, 15) is 0 Å². The number of nitrogens with zero attached hydrogens (tertiary/aromatic N) is 2. The fourth-order valence-corrected chi connectivity index (χ4v) is 1.50. The van der Waals surface area contributed by atoms with Crippen molar-refractivity contribution in [1.82, 2.24) is 9.78 Å². The van der Waals surface area contributed by atoms with Crippen molar-refractivity contribution in [3.63, 3.8) is 0 Å². The number of hydrogen-bond donors (Lipinski definition) is 1. The average Bonchev–Trinajstić information content (AvgIpc) is 2.39. The lowest BCUT2D eigenvalue weighted by Gasteiger charge is -2.05. The summed E-state index contributed by atoms with van der Waals surface area (Å²) in [5.74, 6) is 0.924. The molecule has 0 saturated carbocycles. The first kappa shape index (κ1) is 10.4. The predicted molar refractivity (Wildman–Crippen MR) is 56.4 cm³/mol. The lowest BCUT2D eigenvalue weighted by molar-refractivity contribution is 0.574. The number of anilines is 1. The summed E-state index contributed by atoms with van der Waals surface area (Å²) in [6.07, 6.45) is 2.30. The summed E-state index contributed by atoms with van der Waals surface area (Å²) >= 11 is 6.05. The van der Waals surface area contributed by atoms with E-state index in [-0.39, 0.29) is 0 Å². The smallest absolute Gasteiger partial charge is 0.143 e. The van der Waals surface area contributed by atoms with E-state index in [0.29, 0.717) is 0 Å². The van der Waals surface area contributed by atoms with Crippen LogP contribution in [0.2, 0.25) is 5.02 Å². The molecule has 4 heteroatoms. The Bertz CT molecular complexity index is 281. The number of aryl methyl sites for hydroxylation is 2. The Balaban J connectivity index is 2.86. The molecule has 1 rings (SSSR count). The maximum Gasteiger partial charge on any atom is 0.143 e. The van der Waals surface area contributed by atoms with E-state index in [0.717, 1.165) is 29.5 Å². The highest BCUT2D eigenvalue weighted by Crippen LogP contribution is 2.24. The molecule has 1 aromatic heterocycles. The zero-order valence-corrected chi connectivity index (χ0v) is 9.15. The first-order valence-corrected chi connectivity index (χ1v) is 4.99. The SMILES string of the molecule is CCCCn1nc(C)c(Cl)c1NC. The van der Waals surface area contributed by atoms with Crippen molar-refractivity contribution in [2.45, 2.75) is 33.2 Å². The van der Waals surface area contributed by atoms with Crippen molar-refractivity contribution in [2.75, 3.05) is 12.4 Å². The Hall–Kier alpha value is -0.700. The molecule has 0 aliphatic carbocycles. The summed E-state index contributed by atoms with van der Waals surface area (Å²) in [4.78, 5) is 0. The van der Waals surface area contributed by atoms with Gasteiger partial charge in [-0.2, -0.15) is 5.10 Å². The van der Waals surface area contributed by atoms with Gasteiger partial charge in [-0.1, -0.05) is 24.9 Å². The quantitative estimate of drug-likeness (QED) is 0.812. The van der Waals surface area contributed by atoms with Gasteiger partial charge in [0.05, 0.1) is 5.69 Å². The molecule has 1 aromatic rings. The van der Waals surface area contributed by atoms with Crippen LogP contribution < -0.4 is 5.32 Å². The first-order valence-electron chi connectivity index (χ1n) is 4.61. The van der Waals surface area contributed by atoms with Gasteiger partial charge in [0.2, 0.25) is 0 Å². The summed E-state index contributed by atoms with van der Waals surface area (Å²) in [7, 11) is 1.87. The highest BCUT2D eigenvalue weighted by Gasteiger charge is 2.10. The second kappa shape index (κ2) is 4.51. The molecule has 1 N–H and O–H groups in total. The van der Waals surface area contributed by atoms with Crippen LogP contribution in [0.25, 0.3) is 0 Å². The molecule has 0 fully saturated rings. The van der Waals surface area contributed by atoms with Crippen molar-refractivity contribution in [1.29, 1.82) is 0 Å². The summed E-state index contributed by atoms with van der Waals surface area (Å²) in [6, 6.07) is 0. The van der Waals surface area contributed by atoms with Gasteiger partial charge in [-0.25, -0.2) is 4.68 Å². The van der Waals surface area contributed by atoms with E-state index in [1.165, 1.54) is 6.42 Å². The number of halogens is 1. The van der Waals surface area contributed by atoms with Gasteiger partial charge in [0.1, 0.15) is 10.8 Å². The van der Waals surface area contributed by atoms with Crippen molar-refractivity contribution < 1.29 is 0 Å². The van der Waals surface area contributed by atoms with Gasteiger partial charge in [-0.05, 0) is 13.3 Å². The average molecular weight is 202 g/mol. The fraction of sp³-hybridized carbons (Fsp3) is 0.667. The molecule has 0 radical (unpaired) electrons. The highest BCUT2D eigenvalue weighted by atomic mass is 35.5. The van der Waals surface area contributed by atoms with Crippen LogP contribution >= 0.6 is 11.6 Å². The van der Waals surface area contributed by atoms with Crippen molar-refractivity contribution in [3.05, 3.63) is 10.7 Å². The molecular formula is C9H16ClN3. The Morgan fingerprint density at radius 1 is 1.54 bits per heavy atom. The number of hydrogen-bond acceptors (Lipinski definition) is 2. The summed E-state index contributed by atoms with van der Waals surface area (Å²) in [5.41, 5.74) is 0.891. The van der Waals surface area contributed by atoms with Gasteiger partial charge >= 0.3 is 0 Å². The van der Waals surface area contributed by atoms with Crippen molar-refractivity contribution in [3.8, 4) is 0 Å². The Kier molecular flexibility index (Phi) is 3.60. The topological polar surface area (TPSA) is 29.9 Å². The largest absolute Gasteiger partial charge is 0.372 e. The first-order chi connectivity index (χ1) is 6.20. The normalized spacial score (nSPS) is 10.5. The van der Waals surface area contributed by atoms with E-state index in [4.69, 9.17) is 11.6 Å². The van der Waals surface area contributed by atoms with Gasteiger partial charge < -0.3 is 5.32 Å². The Morgan fingerprint density at radius 2 is 2.23 bits per heavy atom. The van der Waals surface area contributed by atoms with E-state index in [1.54, 1.807) is 0 Å². The number of aromatic nitrogens is 2. The van der Waals surface area contributed by atoms with Gasteiger partial charge in [-0.3, -0.25) is 0 Å². The van der Waals surface area contributed by atoms with Crippen LogP contribution in [0.4, 0.5) is 5.82 Å². The monoisotopic (exact) mass is 201 g/mol. The molecule has 0 aliphatic heterocycles. The van der Waals surface area contributed by atoms with Crippen LogP contribution in [0.3, 0.4) is 0 Å². The van der Waals surface area contributed by atoms with Crippen LogP contribution in [0, 0.1) is 6.92 Å². The number of rotatable bonds is 4. The van der Waals surface area contributed by atoms with E-state index >= 15 is 0 Å². The van der Waals surface area contributed by atoms with Gasteiger partial charge in [0, 0.05) is 13.6 Å². The molecule has 74 valence electrons. The lowest BCUT2D eigenvalue weighted by Crippen LogP contribution is -2.04. The third kappa shape index (κ3) is 2.15.